The Morgan fingerprint density at radius 2 is 1.55 bits per heavy atom. The molecule has 0 spiro atoms. The maximum atomic E-state index is 14.3. The van der Waals surface area contributed by atoms with Crippen LogP contribution in [0.2, 0.25) is 0 Å². The number of thioether (sulfide) groups is 2. The fourth-order valence-electron chi connectivity index (χ4n) is 5.48. The third kappa shape index (κ3) is 6.70. The lowest BCUT2D eigenvalue weighted by atomic mass is 10.0. The second-order valence-corrected chi connectivity index (χ2v) is 17.0. The van der Waals surface area contributed by atoms with E-state index in [0.29, 0.717) is 20.3 Å². The molecular formula is C35H25BrN2O5S4. The van der Waals surface area contributed by atoms with Gasteiger partial charge in [-0.1, -0.05) is 103 Å². The molecular weight excluding hydrogens is 737 g/mol. The van der Waals surface area contributed by atoms with Gasteiger partial charge in [-0.3, -0.25) is 19.3 Å². The number of benzene rings is 3. The molecule has 4 heterocycles. The molecule has 2 aliphatic heterocycles. The first-order valence-electron chi connectivity index (χ1n) is 14.6. The van der Waals surface area contributed by atoms with E-state index in [4.69, 9.17) is 4.74 Å². The molecule has 1 fully saturated rings. The highest BCUT2D eigenvalue weighted by atomic mass is 79.9. The maximum absolute atomic E-state index is 14.3. The first-order valence-corrected chi connectivity index (χ1v) is 18.9. The van der Waals surface area contributed by atoms with Crippen molar-refractivity contribution in [2.75, 3.05) is 5.75 Å². The van der Waals surface area contributed by atoms with E-state index in [2.05, 4.69) is 21.2 Å². The Morgan fingerprint density at radius 3 is 2.21 bits per heavy atom. The van der Waals surface area contributed by atoms with Crippen LogP contribution in [0.3, 0.4) is 0 Å². The predicted molar refractivity (Wildman–Crippen MR) is 193 cm³/mol. The van der Waals surface area contributed by atoms with Crippen LogP contribution >= 0.6 is 62.1 Å². The molecule has 2 atom stereocenters. The van der Waals surface area contributed by atoms with Crippen molar-refractivity contribution < 1.29 is 19.1 Å². The normalized spacial score (nSPS) is 17.4. The summed E-state index contributed by atoms with van der Waals surface area (Å²) in [6.45, 7) is 0. The molecule has 236 valence electrons. The molecule has 1 N–H and O–H groups in total. The van der Waals surface area contributed by atoms with Crippen LogP contribution in [0.15, 0.2) is 127 Å². The van der Waals surface area contributed by atoms with E-state index in [9.17, 15) is 19.2 Å². The van der Waals surface area contributed by atoms with Gasteiger partial charge in [0.25, 0.3) is 5.91 Å². The van der Waals surface area contributed by atoms with Crippen LogP contribution in [0.5, 0.6) is 0 Å². The number of halogens is 1. The van der Waals surface area contributed by atoms with Gasteiger partial charge in [-0.15, -0.1) is 34.4 Å². The predicted octanol–water partition coefficient (Wildman–Crippen LogP) is 7.36. The van der Waals surface area contributed by atoms with E-state index >= 15 is 0 Å². The quantitative estimate of drug-likeness (QED) is 0.124. The molecule has 2 aromatic heterocycles. The van der Waals surface area contributed by atoms with Crippen molar-refractivity contribution in [3.63, 3.8) is 0 Å². The first kappa shape index (κ1) is 31.9. The molecule has 2 amide bonds. The number of carbonyl (C=O) groups excluding carboxylic acids is 3. The zero-order valence-corrected chi connectivity index (χ0v) is 29.3. The molecule has 7 rings (SSSR count). The zero-order valence-electron chi connectivity index (χ0n) is 24.5. The number of esters is 1. The van der Waals surface area contributed by atoms with E-state index in [1.165, 1.54) is 51.1 Å². The highest BCUT2D eigenvalue weighted by Crippen LogP contribution is 2.47. The Balaban J connectivity index is 1.22. The van der Waals surface area contributed by atoms with Gasteiger partial charge in [0, 0.05) is 16.7 Å². The van der Waals surface area contributed by atoms with Gasteiger partial charge in [0.15, 0.2) is 11.5 Å². The number of fused-ring (bicyclic) bond motifs is 2. The second kappa shape index (κ2) is 13.8. The SMILES string of the molecule is O=C(Cc1ccccc1)NC1C(=O)N2C(C(=O)OC(c3ccccc3)c3ccccc3)=C(Sc3cc(=O)c4cc(Br)sc4s3)CS[C@@H]12. The summed E-state index contributed by atoms with van der Waals surface area (Å²) in [4.78, 5) is 56.0. The highest BCUT2D eigenvalue weighted by Gasteiger charge is 2.55. The largest absolute Gasteiger partial charge is 0.448 e. The number of thiophene rings is 1. The standard InChI is InChI=1S/C35H25BrN2O5S4/c36-26-17-23-24(39)18-28(47-35(23)46-26)45-25-19-44-33-29(37-27(40)16-20-10-4-1-5-11-20)32(41)38(33)30(25)34(42)43-31(21-12-6-2-7-13-21)22-14-8-3-9-15-22/h1-15,17-18,29,31,33H,16,19H2,(H,37,40)/t29?,33-/m0/s1. The van der Waals surface area contributed by atoms with Crippen molar-refractivity contribution in [3.05, 3.63) is 144 Å². The number of ether oxygens (including phenoxy) is 1. The summed E-state index contributed by atoms with van der Waals surface area (Å²) >= 11 is 9.19. The molecule has 12 heteroatoms. The van der Waals surface area contributed by atoms with Gasteiger partial charge >= 0.3 is 5.97 Å². The Hall–Kier alpha value is -3.68. The van der Waals surface area contributed by atoms with Gasteiger partial charge in [-0.2, -0.15) is 0 Å². The molecule has 0 bridgehead atoms. The van der Waals surface area contributed by atoms with Crippen molar-refractivity contribution >= 4 is 89.3 Å². The number of amides is 2. The molecule has 1 unspecified atom stereocenters. The molecule has 0 saturated carbocycles. The maximum Gasteiger partial charge on any atom is 0.356 e. The summed E-state index contributed by atoms with van der Waals surface area (Å²) in [6.07, 6.45) is -0.575. The molecule has 2 aliphatic rings. The van der Waals surface area contributed by atoms with E-state index < -0.39 is 23.5 Å². The van der Waals surface area contributed by atoms with E-state index in [1.807, 2.05) is 97.1 Å². The van der Waals surface area contributed by atoms with Crippen molar-refractivity contribution in [2.24, 2.45) is 0 Å². The number of β-lactam (4-membered cyclic amide) rings is 1. The van der Waals surface area contributed by atoms with E-state index in [-0.39, 0.29) is 29.4 Å². The van der Waals surface area contributed by atoms with Crippen LogP contribution in [0, 0.1) is 0 Å². The zero-order chi connectivity index (χ0) is 32.5. The lowest BCUT2D eigenvalue weighted by molar-refractivity contribution is -0.154. The topological polar surface area (TPSA) is 92.8 Å². The number of hydrogen-bond acceptors (Lipinski definition) is 9. The van der Waals surface area contributed by atoms with E-state index in [1.54, 1.807) is 6.07 Å². The van der Waals surface area contributed by atoms with Crippen molar-refractivity contribution in [2.45, 2.75) is 28.1 Å². The van der Waals surface area contributed by atoms with Crippen LogP contribution in [-0.2, 0) is 25.5 Å². The van der Waals surface area contributed by atoms with Crippen LogP contribution in [0.4, 0.5) is 0 Å². The lowest BCUT2D eigenvalue weighted by Crippen LogP contribution is -2.70. The summed E-state index contributed by atoms with van der Waals surface area (Å²) in [5, 5.41) is 3.05. The molecule has 0 radical (unpaired) electrons. The smallest absolute Gasteiger partial charge is 0.356 e. The molecule has 0 aliphatic carbocycles. The number of nitrogens with one attached hydrogen (secondary N) is 1. The summed E-state index contributed by atoms with van der Waals surface area (Å²) in [6, 6.07) is 30.9. The Kier molecular flexibility index (Phi) is 9.38. The Labute approximate surface area is 295 Å². The van der Waals surface area contributed by atoms with Crippen molar-refractivity contribution in [1.82, 2.24) is 10.2 Å². The van der Waals surface area contributed by atoms with Crippen LogP contribution < -0.4 is 10.7 Å². The average Bonchev–Trinajstić information content (AvgIpc) is 3.47. The highest BCUT2D eigenvalue weighted by molar-refractivity contribution is 9.11. The average molecular weight is 762 g/mol. The summed E-state index contributed by atoms with van der Waals surface area (Å²) in [7, 11) is 0. The Morgan fingerprint density at radius 1 is 0.915 bits per heavy atom. The minimum Gasteiger partial charge on any atom is -0.448 e. The van der Waals surface area contributed by atoms with Crippen LogP contribution in [0.1, 0.15) is 22.8 Å². The van der Waals surface area contributed by atoms with Gasteiger partial charge < -0.3 is 10.1 Å². The van der Waals surface area contributed by atoms with Gasteiger partial charge in [-0.05, 0) is 38.7 Å². The molecule has 1 saturated heterocycles. The summed E-state index contributed by atoms with van der Waals surface area (Å²) < 4.78 is 8.70. The minimum absolute atomic E-state index is 0.108. The van der Waals surface area contributed by atoms with Crippen molar-refractivity contribution in [3.8, 4) is 0 Å². The third-order valence-electron chi connectivity index (χ3n) is 7.68. The van der Waals surface area contributed by atoms with Gasteiger partial charge in [0.05, 0.1) is 23.8 Å². The van der Waals surface area contributed by atoms with Gasteiger partial charge in [0.2, 0.25) is 5.91 Å². The van der Waals surface area contributed by atoms with E-state index in [0.717, 1.165) is 24.5 Å². The minimum atomic E-state index is -0.777. The molecule has 47 heavy (non-hydrogen) atoms. The number of nitrogens with zero attached hydrogens (tertiary/aromatic N) is 1. The number of carbonyl (C=O) groups is 3. The van der Waals surface area contributed by atoms with Crippen LogP contribution in [-0.4, -0.2) is 39.9 Å². The van der Waals surface area contributed by atoms with Crippen LogP contribution in [0.25, 0.3) is 9.40 Å². The third-order valence-corrected chi connectivity index (χ3v) is 13.2. The number of hydrogen-bond donors (Lipinski definition) is 1. The molecule has 7 nitrogen and oxygen atoms in total. The van der Waals surface area contributed by atoms with Gasteiger partial charge in [0.1, 0.15) is 17.1 Å². The Bertz CT molecular complexity index is 2030. The first-order chi connectivity index (χ1) is 22.9. The number of rotatable bonds is 9. The summed E-state index contributed by atoms with van der Waals surface area (Å²) in [5.74, 6) is -0.902. The second-order valence-electron chi connectivity index (χ2n) is 10.8. The molecule has 3 aromatic carbocycles. The molecule has 5 aromatic rings. The lowest BCUT2D eigenvalue weighted by Gasteiger charge is -2.49. The van der Waals surface area contributed by atoms with Gasteiger partial charge in [-0.25, -0.2) is 4.79 Å². The fraction of sp³-hybridized carbons (Fsp3) is 0.143. The monoisotopic (exact) mass is 760 g/mol. The fourth-order valence-corrected chi connectivity index (χ4v) is 11.7. The van der Waals surface area contributed by atoms with Crippen molar-refractivity contribution in [1.29, 1.82) is 0 Å². The summed E-state index contributed by atoms with van der Waals surface area (Å²) in [5.41, 5.74) is 2.45.